The van der Waals surface area contributed by atoms with Crippen LogP contribution in [0.1, 0.15) is 12.5 Å². The van der Waals surface area contributed by atoms with Gasteiger partial charge in [-0.3, -0.25) is 14.6 Å². The number of aromatic nitrogens is 1. The monoisotopic (exact) mass is 431 g/mol. The fourth-order valence-electron chi connectivity index (χ4n) is 3.70. The summed E-state index contributed by atoms with van der Waals surface area (Å²) in [6.07, 6.45) is 1.81. The molecule has 1 aromatic heterocycles. The van der Waals surface area contributed by atoms with Crippen LogP contribution in [0.2, 0.25) is 0 Å². The molecule has 0 spiro atoms. The topological polar surface area (TPSA) is 54.9 Å². The predicted octanol–water partition coefficient (Wildman–Crippen LogP) is 4.01. The average Bonchev–Trinajstić information content (AvgIpc) is 2.84. The number of carbonyl (C=O) groups excluding carboxylic acids is 1. The van der Waals surface area contributed by atoms with Crippen LogP contribution in [-0.2, 0) is 16.1 Å². The fraction of sp³-hybridized carbons (Fsp3) is 0.308. The summed E-state index contributed by atoms with van der Waals surface area (Å²) < 4.78 is 11.3. The van der Waals surface area contributed by atoms with Crippen molar-refractivity contribution in [2.24, 2.45) is 0 Å². The van der Waals surface area contributed by atoms with Crippen LogP contribution in [0.5, 0.6) is 5.75 Å². The van der Waals surface area contributed by atoms with Gasteiger partial charge in [0.2, 0.25) is 5.91 Å². The molecule has 1 aliphatic heterocycles. The first-order chi connectivity index (χ1) is 15.7. The van der Waals surface area contributed by atoms with Crippen molar-refractivity contribution in [3.8, 4) is 16.9 Å². The quantitative estimate of drug-likeness (QED) is 0.539. The Morgan fingerprint density at radius 3 is 2.38 bits per heavy atom. The molecule has 2 aromatic carbocycles. The van der Waals surface area contributed by atoms with E-state index in [0.29, 0.717) is 19.0 Å². The number of hydrogen-bond donors (Lipinski definition) is 0. The highest BCUT2D eigenvalue weighted by molar-refractivity contribution is 5.90. The van der Waals surface area contributed by atoms with E-state index < -0.39 is 0 Å². The number of amides is 1. The normalized spacial score (nSPS) is 14.2. The summed E-state index contributed by atoms with van der Waals surface area (Å²) in [5.41, 5.74) is 3.12. The largest absolute Gasteiger partial charge is 0.492 e. The number of pyridine rings is 1. The number of ether oxygens (including phenoxy) is 2. The standard InChI is InChI=1S/C26H29N3O3/c1-21(30)29(20-22-5-3-2-4-6-22)26-12-9-24(19-27-26)23-7-10-25(11-8-23)32-18-15-28-13-16-31-17-14-28/h2-12,19H,13-18,20H2,1H3. The molecule has 0 unspecified atom stereocenters. The first kappa shape index (κ1) is 22.0. The Hall–Kier alpha value is -3.22. The Bertz CT molecular complexity index is 985. The van der Waals surface area contributed by atoms with Crippen LogP contribution >= 0.6 is 0 Å². The minimum Gasteiger partial charge on any atom is -0.492 e. The Morgan fingerprint density at radius 1 is 1.00 bits per heavy atom. The lowest BCUT2D eigenvalue weighted by Crippen LogP contribution is -2.38. The molecule has 0 N–H and O–H groups in total. The number of anilines is 1. The van der Waals surface area contributed by atoms with Gasteiger partial charge < -0.3 is 9.47 Å². The van der Waals surface area contributed by atoms with E-state index >= 15 is 0 Å². The molecule has 2 heterocycles. The van der Waals surface area contributed by atoms with Crippen LogP contribution in [0.4, 0.5) is 5.82 Å². The molecule has 166 valence electrons. The SMILES string of the molecule is CC(=O)N(Cc1ccccc1)c1ccc(-c2ccc(OCCN3CCOCC3)cc2)cn1. The molecule has 0 saturated carbocycles. The van der Waals surface area contributed by atoms with Gasteiger partial charge in [-0.1, -0.05) is 42.5 Å². The molecular formula is C26H29N3O3. The summed E-state index contributed by atoms with van der Waals surface area (Å²) in [6, 6.07) is 21.9. The van der Waals surface area contributed by atoms with Gasteiger partial charge in [0.25, 0.3) is 0 Å². The molecule has 1 aliphatic rings. The highest BCUT2D eigenvalue weighted by Gasteiger charge is 2.14. The van der Waals surface area contributed by atoms with Gasteiger partial charge in [-0.05, 0) is 35.4 Å². The molecule has 1 amide bonds. The molecule has 3 aromatic rings. The third-order valence-electron chi connectivity index (χ3n) is 5.56. The van der Waals surface area contributed by atoms with Gasteiger partial charge in [-0.15, -0.1) is 0 Å². The van der Waals surface area contributed by atoms with Crippen molar-refractivity contribution in [1.82, 2.24) is 9.88 Å². The summed E-state index contributed by atoms with van der Waals surface area (Å²) >= 11 is 0. The second kappa shape index (κ2) is 10.9. The van der Waals surface area contributed by atoms with Gasteiger partial charge in [0.1, 0.15) is 18.2 Å². The minimum absolute atomic E-state index is 0.0346. The first-order valence-corrected chi connectivity index (χ1v) is 11.0. The number of benzene rings is 2. The van der Waals surface area contributed by atoms with Crippen molar-refractivity contribution < 1.29 is 14.3 Å². The van der Waals surface area contributed by atoms with Gasteiger partial charge in [0.15, 0.2) is 0 Å². The molecular weight excluding hydrogens is 402 g/mol. The van der Waals surface area contributed by atoms with Gasteiger partial charge >= 0.3 is 0 Å². The highest BCUT2D eigenvalue weighted by atomic mass is 16.5. The molecule has 0 bridgehead atoms. The molecule has 6 nitrogen and oxygen atoms in total. The lowest BCUT2D eigenvalue weighted by molar-refractivity contribution is -0.116. The molecule has 1 saturated heterocycles. The molecule has 1 fully saturated rings. The van der Waals surface area contributed by atoms with Crippen LogP contribution < -0.4 is 9.64 Å². The summed E-state index contributed by atoms with van der Waals surface area (Å²) in [7, 11) is 0. The Kier molecular flexibility index (Phi) is 7.48. The average molecular weight is 432 g/mol. The molecule has 4 rings (SSSR count). The van der Waals surface area contributed by atoms with Crippen LogP contribution in [0.25, 0.3) is 11.1 Å². The van der Waals surface area contributed by atoms with Crippen molar-refractivity contribution in [1.29, 1.82) is 0 Å². The molecule has 32 heavy (non-hydrogen) atoms. The second-order valence-corrected chi connectivity index (χ2v) is 7.82. The maximum Gasteiger partial charge on any atom is 0.225 e. The zero-order valence-electron chi connectivity index (χ0n) is 18.4. The number of rotatable bonds is 8. The van der Waals surface area contributed by atoms with E-state index in [1.54, 1.807) is 11.8 Å². The smallest absolute Gasteiger partial charge is 0.225 e. The van der Waals surface area contributed by atoms with Crippen molar-refractivity contribution in [2.45, 2.75) is 13.5 Å². The van der Waals surface area contributed by atoms with Crippen molar-refractivity contribution >= 4 is 11.7 Å². The third kappa shape index (κ3) is 5.93. The Labute approximate surface area is 189 Å². The number of morpholine rings is 1. The molecule has 0 aliphatic carbocycles. The fourth-order valence-corrected chi connectivity index (χ4v) is 3.70. The van der Waals surface area contributed by atoms with Crippen molar-refractivity contribution in [3.05, 3.63) is 78.5 Å². The minimum atomic E-state index is -0.0346. The summed E-state index contributed by atoms with van der Waals surface area (Å²) in [4.78, 5) is 20.8. The van der Waals surface area contributed by atoms with E-state index in [0.717, 1.165) is 55.3 Å². The Morgan fingerprint density at radius 2 is 1.72 bits per heavy atom. The van der Waals surface area contributed by atoms with Crippen LogP contribution in [0.15, 0.2) is 72.9 Å². The Balaban J connectivity index is 1.36. The van der Waals surface area contributed by atoms with E-state index in [1.165, 1.54) is 0 Å². The maximum absolute atomic E-state index is 12.2. The summed E-state index contributed by atoms with van der Waals surface area (Å²) in [5, 5.41) is 0. The van der Waals surface area contributed by atoms with E-state index in [1.807, 2.05) is 72.9 Å². The molecule has 0 radical (unpaired) electrons. The van der Waals surface area contributed by atoms with E-state index in [4.69, 9.17) is 9.47 Å². The van der Waals surface area contributed by atoms with E-state index in [2.05, 4.69) is 9.88 Å². The molecule has 6 heteroatoms. The van der Waals surface area contributed by atoms with E-state index in [9.17, 15) is 4.79 Å². The van der Waals surface area contributed by atoms with Gasteiger partial charge in [-0.2, -0.15) is 0 Å². The van der Waals surface area contributed by atoms with Gasteiger partial charge in [0, 0.05) is 38.3 Å². The van der Waals surface area contributed by atoms with Crippen LogP contribution in [-0.4, -0.2) is 55.2 Å². The van der Waals surface area contributed by atoms with Gasteiger partial charge in [-0.25, -0.2) is 4.98 Å². The third-order valence-corrected chi connectivity index (χ3v) is 5.56. The second-order valence-electron chi connectivity index (χ2n) is 7.82. The zero-order chi connectivity index (χ0) is 22.2. The van der Waals surface area contributed by atoms with E-state index in [-0.39, 0.29) is 5.91 Å². The molecule has 0 atom stereocenters. The van der Waals surface area contributed by atoms with Crippen molar-refractivity contribution in [2.75, 3.05) is 44.4 Å². The summed E-state index contributed by atoms with van der Waals surface area (Å²) in [5.74, 6) is 1.47. The number of carbonyl (C=O) groups is 1. The van der Waals surface area contributed by atoms with Crippen LogP contribution in [0, 0.1) is 0 Å². The summed E-state index contributed by atoms with van der Waals surface area (Å²) in [6.45, 7) is 7.19. The zero-order valence-corrected chi connectivity index (χ0v) is 18.4. The highest BCUT2D eigenvalue weighted by Crippen LogP contribution is 2.24. The number of nitrogens with zero attached hydrogens (tertiary/aromatic N) is 3. The lowest BCUT2D eigenvalue weighted by Gasteiger charge is -2.26. The predicted molar refractivity (Wildman–Crippen MR) is 126 cm³/mol. The first-order valence-electron chi connectivity index (χ1n) is 11.0. The maximum atomic E-state index is 12.2. The van der Waals surface area contributed by atoms with Gasteiger partial charge in [0.05, 0.1) is 19.8 Å². The lowest BCUT2D eigenvalue weighted by atomic mass is 10.1. The van der Waals surface area contributed by atoms with Crippen molar-refractivity contribution in [3.63, 3.8) is 0 Å². The van der Waals surface area contributed by atoms with Crippen LogP contribution in [0.3, 0.4) is 0 Å². The number of hydrogen-bond acceptors (Lipinski definition) is 5.